The van der Waals surface area contributed by atoms with Gasteiger partial charge in [-0.1, -0.05) is 6.07 Å². The van der Waals surface area contributed by atoms with Crippen molar-refractivity contribution in [3.05, 3.63) is 30.6 Å². The Kier molecular flexibility index (Phi) is 1.89. The number of nitrogen functional groups attached to an aromatic ring is 1. The average molecular weight is 228 g/mol. The van der Waals surface area contributed by atoms with E-state index in [-0.39, 0.29) is 5.75 Å². The maximum absolute atomic E-state index is 9.97. The summed E-state index contributed by atoms with van der Waals surface area (Å²) in [5, 5.41) is 17.5. The van der Waals surface area contributed by atoms with Gasteiger partial charge < -0.3 is 15.4 Å². The number of phenolic OH excluding ortho intramolecular Hbond substituents is 1. The molecule has 4 N–H and O–H groups in total. The number of aryl methyl sites for hydroxylation is 1. The molecular formula is C12H12N4O. The molecule has 2 aromatic heterocycles. The van der Waals surface area contributed by atoms with Crippen molar-refractivity contribution in [2.24, 2.45) is 7.05 Å². The molecule has 0 atom stereocenters. The largest absolute Gasteiger partial charge is 0.507 e. The van der Waals surface area contributed by atoms with Gasteiger partial charge in [-0.15, -0.1) is 0 Å². The lowest BCUT2D eigenvalue weighted by Crippen LogP contribution is -1.85. The van der Waals surface area contributed by atoms with E-state index < -0.39 is 0 Å². The second-order valence-electron chi connectivity index (χ2n) is 4.03. The summed E-state index contributed by atoms with van der Waals surface area (Å²) in [6, 6.07) is 5.43. The number of nitrogens with zero attached hydrogens (tertiary/aromatic N) is 2. The normalized spacial score (nSPS) is 11.1. The highest BCUT2D eigenvalue weighted by atomic mass is 16.3. The molecule has 86 valence electrons. The molecule has 0 radical (unpaired) electrons. The Bertz CT molecular complexity index is 696. The van der Waals surface area contributed by atoms with Crippen molar-refractivity contribution in [2.45, 2.75) is 0 Å². The number of H-pyrrole nitrogens is 1. The van der Waals surface area contributed by atoms with E-state index in [0.29, 0.717) is 5.69 Å². The molecule has 0 bridgehead atoms. The average Bonchev–Trinajstić information content (AvgIpc) is 2.85. The van der Waals surface area contributed by atoms with E-state index in [1.54, 1.807) is 12.3 Å². The summed E-state index contributed by atoms with van der Waals surface area (Å²) >= 11 is 0. The summed E-state index contributed by atoms with van der Waals surface area (Å²) in [6.45, 7) is 0. The quantitative estimate of drug-likeness (QED) is 0.594. The van der Waals surface area contributed by atoms with Crippen LogP contribution in [0, 0.1) is 0 Å². The van der Waals surface area contributed by atoms with E-state index in [2.05, 4.69) is 10.2 Å². The molecule has 0 saturated heterocycles. The molecule has 17 heavy (non-hydrogen) atoms. The Labute approximate surface area is 97.5 Å². The number of fused-ring (bicyclic) bond motifs is 1. The standard InChI is InChI=1S/C12H12N4O/c1-16-6-7(12-8(13)5-14-15-12)11-9(16)3-2-4-10(11)17/h2-6,17H,13H2,1H3,(H,14,15). The molecule has 0 fully saturated rings. The van der Waals surface area contributed by atoms with Crippen molar-refractivity contribution in [3.63, 3.8) is 0 Å². The van der Waals surface area contributed by atoms with E-state index in [0.717, 1.165) is 22.2 Å². The Hall–Kier alpha value is -2.43. The highest BCUT2D eigenvalue weighted by molar-refractivity contribution is 6.01. The third-order valence-electron chi connectivity index (χ3n) is 2.93. The number of hydrogen-bond acceptors (Lipinski definition) is 3. The summed E-state index contributed by atoms with van der Waals surface area (Å²) < 4.78 is 1.95. The Morgan fingerprint density at radius 1 is 1.41 bits per heavy atom. The van der Waals surface area contributed by atoms with Gasteiger partial charge in [-0.05, 0) is 12.1 Å². The zero-order chi connectivity index (χ0) is 12.0. The van der Waals surface area contributed by atoms with Crippen LogP contribution in [-0.2, 0) is 7.05 Å². The van der Waals surface area contributed by atoms with Crippen molar-refractivity contribution >= 4 is 16.6 Å². The fraction of sp³-hybridized carbons (Fsp3) is 0.0833. The van der Waals surface area contributed by atoms with Gasteiger partial charge in [0.2, 0.25) is 0 Å². The molecule has 3 aromatic rings. The predicted molar refractivity (Wildman–Crippen MR) is 66.6 cm³/mol. The van der Waals surface area contributed by atoms with Gasteiger partial charge in [0, 0.05) is 18.8 Å². The molecule has 5 nitrogen and oxygen atoms in total. The maximum atomic E-state index is 9.97. The van der Waals surface area contributed by atoms with Crippen molar-refractivity contribution in [3.8, 4) is 17.0 Å². The zero-order valence-electron chi connectivity index (χ0n) is 9.31. The SMILES string of the molecule is Cn1cc(-c2[nH]ncc2N)c2c(O)cccc21. The smallest absolute Gasteiger partial charge is 0.125 e. The second-order valence-corrected chi connectivity index (χ2v) is 4.03. The van der Waals surface area contributed by atoms with E-state index in [1.807, 2.05) is 29.9 Å². The van der Waals surface area contributed by atoms with Crippen molar-refractivity contribution in [2.75, 3.05) is 5.73 Å². The lowest BCUT2D eigenvalue weighted by Gasteiger charge is -1.99. The van der Waals surface area contributed by atoms with Gasteiger partial charge in [0.25, 0.3) is 0 Å². The third kappa shape index (κ3) is 1.29. The number of phenols is 1. The number of nitrogens with one attached hydrogen (secondary N) is 1. The minimum absolute atomic E-state index is 0.243. The lowest BCUT2D eigenvalue weighted by molar-refractivity contribution is 0.482. The molecule has 0 aliphatic heterocycles. The molecule has 2 heterocycles. The number of hydrogen-bond donors (Lipinski definition) is 3. The van der Waals surface area contributed by atoms with Gasteiger partial charge in [0.1, 0.15) is 5.75 Å². The van der Waals surface area contributed by atoms with E-state index in [1.165, 1.54) is 0 Å². The summed E-state index contributed by atoms with van der Waals surface area (Å²) in [7, 11) is 1.93. The second kappa shape index (κ2) is 3.28. The highest BCUT2D eigenvalue weighted by Gasteiger charge is 2.15. The number of rotatable bonds is 1. The van der Waals surface area contributed by atoms with Crippen LogP contribution >= 0.6 is 0 Å². The van der Waals surface area contributed by atoms with Crippen LogP contribution in [0.4, 0.5) is 5.69 Å². The Morgan fingerprint density at radius 2 is 2.24 bits per heavy atom. The summed E-state index contributed by atoms with van der Waals surface area (Å²) in [5.74, 6) is 0.243. The molecular weight excluding hydrogens is 216 g/mol. The fourth-order valence-corrected chi connectivity index (χ4v) is 2.13. The van der Waals surface area contributed by atoms with Gasteiger partial charge in [-0.2, -0.15) is 5.10 Å². The van der Waals surface area contributed by atoms with Crippen molar-refractivity contribution in [1.82, 2.24) is 14.8 Å². The number of aromatic nitrogens is 3. The van der Waals surface area contributed by atoms with Crippen LogP contribution in [0.1, 0.15) is 0 Å². The Morgan fingerprint density at radius 3 is 2.94 bits per heavy atom. The van der Waals surface area contributed by atoms with Gasteiger partial charge in [-0.3, -0.25) is 5.10 Å². The summed E-state index contributed by atoms with van der Waals surface area (Å²) in [5.41, 5.74) is 8.95. The van der Waals surface area contributed by atoms with E-state index in [4.69, 9.17) is 5.73 Å². The highest BCUT2D eigenvalue weighted by Crippen LogP contribution is 2.36. The third-order valence-corrected chi connectivity index (χ3v) is 2.93. The van der Waals surface area contributed by atoms with E-state index >= 15 is 0 Å². The molecule has 3 rings (SSSR count). The molecule has 0 unspecified atom stereocenters. The minimum atomic E-state index is 0.243. The van der Waals surface area contributed by atoms with Crippen LogP contribution < -0.4 is 5.73 Å². The summed E-state index contributed by atoms with van der Waals surface area (Å²) in [6.07, 6.45) is 3.49. The van der Waals surface area contributed by atoms with Crippen LogP contribution in [0.25, 0.3) is 22.2 Å². The lowest BCUT2D eigenvalue weighted by atomic mass is 10.1. The van der Waals surface area contributed by atoms with Gasteiger partial charge in [0.15, 0.2) is 0 Å². The van der Waals surface area contributed by atoms with Crippen LogP contribution in [0.5, 0.6) is 5.75 Å². The number of nitrogens with two attached hydrogens (primary N) is 1. The first kappa shape index (κ1) is 9.77. The van der Waals surface area contributed by atoms with Gasteiger partial charge >= 0.3 is 0 Å². The van der Waals surface area contributed by atoms with Crippen LogP contribution in [0.2, 0.25) is 0 Å². The first-order valence-electron chi connectivity index (χ1n) is 5.24. The molecule has 0 aliphatic rings. The van der Waals surface area contributed by atoms with Crippen molar-refractivity contribution < 1.29 is 5.11 Å². The number of anilines is 1. The Balaban J connectivity index is 2.42. The molecule has 0 saturated carbocycles. The number of aromatic hydroxyl groups is 1. The first-order chi connectivity index (χ1) is 8.18. The number of benzene rings is 1. The van der Waals surface area contributed by atoms with Crippen LogP contribution in [0.3, 0.4) is 0 Å². The molecule has 0 spiro atoms. The molecule has 0 aliphatic carbocycles. The monoisotopic (exact) mass is 228 g/mol. The fourth-order valence-electron chi connectivity index (χ4n) is 2.13. The molecule has 0 amide bonds. The summed E-state index contributed by atoms with van der Waals surface area (Å²) in [4.78, 5) is 0. The molecule has 1 aromatic carbocycles. The van der Waals surface area contributed by atoms with Crippen LogP contribution in [0.15, 0.2) is 30.6 Å². The number of aromatic amines is 1. The van der Waals surface area contributed by atoms with Gasteiger partial charge in [0.05, 0.1) is 28.5 Å². The van der Waals surface area contributed by atoms with Crippen LogP contribution in [-0.4, -0.2) is 19.9 Å². The maximum Gasteiger partial charge on any atom is 0.125 e. The van der Waals surface area contributed by atoms with Gasteiger partial charge in [-0.25, -0.2) is 0 Å². The minimum Gasteiger partial charge on any atom is -0.507 e. The van der Waals surface area contributed by atoms with E-state index in [9.17, 15) is 5.11 Å². The predicted octanol–water partition coefficient (Wildman–Crippen LogP) is 1.86. The van der Waals surface area contributed by atoms with Crippen molar-refractivity contribution in [1.29, 1.82) is 0 Å². The topological polar surface area (TPSA) is 79.9 Å². The molecule has 5 heteroatoms. The first-order valence-corrected chi connectivity index (χ1v) is 5.24. The zero-order valence-corrected chi connectivity index (χ0v) is 9.31.